The minimum atomic E-state index is -1.19. The molecule has 0 aromatic rings. The lowest BCUT2D eigenvalue weighted by molar-refractivity contribution is -0.133. The van der Waals surface area contributed by atoms with E-state index < -0.39 is 17.9 Å². The summed E-state index contributed by atoms with van der Waals surface area (Å²) in [5, 5.41) is 13.5. The number of hydrogen-bond donors (Lipinski definition) is 3. The zero-order valence-corrected chi connectivity index (χ0v) is 11.1. The summed E-state index contributed by atoms with van der Waals surface area (Å²) in [7, 11) is 0. The molecule has 7 heteroatoms. The van der Waals surface area contributed by atoms with Crippen LogP contribution in [0, 0.1) is 0 Å². The first-order valence-corrected chi connectivity index (χ1v) is 5.97. The van der Waals surface area contributed by atoms with E-state index in [1.54, 1.807) is 0 Å². The normalized spacial score (nSPS) is 23.5. The predicted octanol–water partition coefficient (Wildman–Crippen LogP) is 0.411. The number of rotatable bonds is 3. The maximum Gasteiger partial charge on any atom is 0.331 e. The largest absolute Gasteiger partial charge is 0.478 e. The molecule has 1 heterocycles. The fourth-order valence-corrected chi connectivity index (χ4v) is 1.65. The van der Waals surface area contributed by atoms with Crippen molar-refractivity contribution in [2.45, 2.75) is 39.3 Å². The van der Waals surface area contributed by atoms with E-state index in [0.717, 1.165) is 0 Å². The number of carboxylic acid groups (broad SMARTS) is 1. The van der Waals surface area contributed by atoms with E-state index >= 15 is 0 Å². The summed E-state index contributed by atoms with van der Waals surface area (Å²) < 4.78 is 5.27. The molecule has 1 aliphatic heterocycles. The molecule has 2 atom stereocenters. The van der Waals surface area contributed by atoms with Gasteiger partial charge in [0.15, 0.2) is 0 Å². The fraction of sp³-hybridized carbons (Fsp3) is 0.583. The van der Waals surface area contributed by atoms with Crippen LogP contribution in [0.2, 0.25) is 0 Å². The molecular formula is C12H18N2O5. The molecule has 1 saturated heterocycles. The van der Waals surface area contributed by atoms with Crippen LogP contribution < -0.4 is 10.6 Å². The van der Waals surface area contributed by atoms with Gasteiger partial charge in [0, 0.05) is 17.8 Å². The van der Waals surface area contributed by atoms with Crippen molar-refractivity contribution in [1.29, 1.82) is 0 Å². The summed E-state index contributed by atoms with van der Waals surface area (Å²) in [6.07, 6.45) is 0.587. The van der Waals surface area contributed by atoms with Crippen molar-refractivity contribution < 1.29 is 24.2 Å². The molecule has 3 amide bonds. The number of urea groups is 1. The molecule has 106 valence electrons. The van der Waals surface area contributed by atoms with Crippen LogP contribution in [0.1, 0.15) is 27.2 Å². The summed E-state index contributed by atoms with van der Waals surface area (Å²) in [4.78, 5) is 33.9. The highest BCUT2D eigenvalue weighted by Crippen LogP contribution is 2.12. The number of imide groups is 1. The van der Waals surface area contributed by atoms with Crippen molar-refractivity contribution in [2.75, 3.05) is 6.61 Å². The Morgan fingerprint density at radius 2 is 1.84 bits per heavy atom. The van der Waals surface area contributed by atoms with Gasteiger partial charge in [-0.25, -0.2) is 9.59 Å². The summed E-state index contributed by atoms with van der Waals surface area (Å²) in [6.45, 7) is 5.06. The van der Waals surface area contributed by atoms with E-state index in [0.29, 0.717) is 13.0 Å². The Hall–Kier alpha value is -1.89. The van der Waals surface area contributed by atoms with E-state index in [-0.39, 0.29) is 23.3 Å². The van der Waals surface area contributed by atoms with Gasteiger partial charge in [0.25, 0.3) is 5.91 Å². The first-order valence-electron chi connectivity index (χ1n) is 5.97. The zero-order chi connectivity index (χ0) is 14.6. The molecule has 19 heavy (non-hydrogen) atoms. The average molecular weight is 270 g/mol. The molecular weight excluding hydrogens is 252 g/mol. The molecule has 2 unspecified atom stereocenters. The Balaban J connectivity index is 2.55. The third kappa shape index (κ3) is 4.06. The van der Waals surface area contributed by atoms with Crippen molar-refractivity contribution in [2.24, 2.45) is 0 Å². The minimum absolute atomic E-state index is 0.00151. The Morgan fingerprint density at radius 1 is 1.21 bits per heavy atom. The van der Waals surface area contributed by atoms with Crippen molar-refractivity contribution in [3.8, 4) is 0 Å². The van der Waals surface area contributed by atoms with E-state index in [1.165, 1.54) is 13.8 Å². The van der Waals surface area contributed by atoms with Crippen molar-refractivity contribution in [1.82, 2.24) is 10.6 Å². The van der Waals surface area contributed by atoms with Gasteiger partial charge in [-0.15, -0.1) is 0 Å². The Morgan fingerprint density at radius 3 is 2.32 bits per heavy atom. The van der Waals surface area contributed by atoms with E-state index in [4.69, 9.17) is 9.84 Å². The molecule has 0 aliphatic carbocycles. The van der Waals surface area contributed by atoms with Crippen LogP contribution in [-0.2, 0) is 14.3 Å². The summed E-state index contributed by atoms with van der Waals surface area (Å²) >= 11 is 0. The lowest BCUT2D eigenvalue weighted by Crippen LogP contribution is -2.47. The van der Waals surface area contributed by atoms with Crippen LogP contribution in [0.25, 0.3) is 0 Å². The molecule has 1 rings (SSSR count). The maximum absolute atomic E-state index is 11.6. The van der Waals surface area contributed by atoms with Crippen LogP contribution in [0.15, 0.2) is 11.1 Å². The lowest BCUT2D eigenvalue weighted by atomic mass is 10.1. The van der Waals surface area contributed by atoms with E-state index in [9.17, 15) is 14.4 Å². The van der Waals surface area contributed by atoms with E-state index in [1.807, 2.05) is 6.92 Å². The van der Waals surface area contributed by atoms with Crippen LogP contribution in [0.5, 0.6) is 0 Å². The molecule has 0 spiro atoms. The highest BCUT2D eigenvalue weighted by Gasteiger charge is 2.26. The van der Waals surface area contributed by atoms with Crippen molar-refractivity contribution in [3.05, 3.63) is 11.1 Å². The Labute approximate surface area is 111 Å². The highest BCUT2D eigenvalue weighted by molar-refractivity contribution is 6.07. The smallest absolute Gasteiger partial charge is 0.331 e. The van der Waals surface area contributed by atoms with Crippen LogP contribution >= 0.6 is 0 Å². The quantitative estimate of drug-likeness (QED) is 0.644. The summed E-state index contributed by atoms with van der Waals surface area (Å²) in [6, 6.07) is -0.789. The minimum Gasteiger partial charge on any atom is -0.478 e. The second-order valence-electron chi connectivity index (χ2n) is 4.45. The van der Waals surface area contributed by atoms with Gasteiger partial charge in [0.2, 0.25) is 0 Å². The first kappa shape index (κ1) is 15.2. The van der Waals surface area contributed by atoms with Gasteiger partial charge in [-0.2, -0.15) is 0 Å². The number of ether oxygens (including phenoxy) is 1. The lowest BCUT2D eigenvalue weighted by Gasteiger charge is -2.16. The second kappa shape index (κ2) is 6.33. The SMILES string of the molecule is CC(C(=O)O)=C(C)C(=O)NC(=O)NC1CCOC1C. The van der Waals surface area contributed by atoms with Gasteiger partial charge < -0.3 is 15.2 Å². The molecule has 0 aromatic carbocycles. The van der Waals surface area contributed by atoms with Crippen molar-refractivity contribution in [3.63, 3.8) is 0 Å². The van der Waals surface area contributed by atoms with Crippen LogP contribution in [0.4, 0.5) is 4.79 Å². The third-order valence-corrected chi connectivity index (χ3v) is 3.14. The average Bonchev–Trinajstić information content (AvgIpc) is 2.72. The number of carbonyl (C=O) groups excluding carboxylic acids is 2. The third-order valence-electron chi connectivity index (χ3n) is 3.14. The Bertz CT molecular complexity index is 430. The molecule has 1 aliphatic rings. The van der Waals surface area contributed by atoms with Crippen LogP contribution in [0.3, 0.4) is 0 Å². The number of amides is 3. The van der Waals surface area contributed by atoms with Crippen LogP contribution in [-0.4, -0.2) is 41.8 Å². The van der Waals surface area contributed by atoms with Gasteiger partial charge in [-0.3, -0.25) is 10.1 Å². The van der Waals surface area contributed by atoms with Gasteiger partial charge in [0.1, 0.15) is 0 Å². The number of nitrogens with one attached hydrogen (secondary N) is 2. The van der Waals surface area contributed by atoms with Gasteiger partial charge >= 0.3 is 12.0 Å². The summed E-state index contributed by atoms with van der Waals surface area (Å²) in [5.74, 6) is -1.91. The topological polar surface area (TPSA) is 105 Å². The fourth-order valence-electron chi connectivity index (χ4n) is 1.65. The molecule has 1 fully saturated rings. The number of aliphatic carboxylic acids is 1. The molecule has 0 radical (unpaired) electrons. The molecule has 0 aromatic heterocycles. The number of carboxylic acids is 1. The molecule has 0 saturated carbocycles. The zero-order valence-electron chi connectivity index (χ0n) is 11.1. The van der Waals surface area contributed by atoms with E-state index in [2.05, 4.69) is 10.6 Å². The monoisotopic (exact) mass is 270 g/mol. The maximum atomic E-state index is 11.6. The highest BCUT2D eigenvalue weighted by atomic mass is 16.5. The standard InChI is InChI=1S/C12H18N2O5/c1-6(7(2)11(16)17)10(15)14-12(18)13-9-4-5-19-8(9)3/h8-9H,4-5H2,1-3H3,(H,16,17)(H2,13,14,15,18). The van der Waals surface area contributed by atoms with Gasteiger partial charge in [-0.05, 0) is 27.2 Å². The number of hydrogen-bond acceptors (Lipinski definition) is 4. The molecule has 3 N–H and O–H groups in total. The van der Waals surface area contributed by atoms with Gasteiger partial charge in [-0.1, -0.05) is 0 Å². The summed E-state index contributed by atoms with van der Waals surface area (Å²) in [5.41, 5.74) is -0.0961. The Kier molecular flexibility index (Phi) is 5.05. The first-order chi connectivity index (χ1) is 8.82. The molecule has 0 bridgehead atoms. The number of carbonyl (C=O) groups is 3. The second-order valence-corrected chi connectivity index (χ2v) is 4.45. The van der Waals surface area contributed by atoms with Crippen molar-refractivity contribution >= 4 is 17.9 Å². The molecule has 7 nitrogen and oxygen atoms in total. The van der Waals surface area contributed by atoms with Gasteiger partial charge in [0.05, 0.1) is 12.1 Å². The predicted molar refractivity (Wildman–Crippen MR) is 66.5 cm³/mol.